The maximum absolute atomic E-state index is 12.4. The number of fused-ring (bicyclic) bond motifs is 2. The number of amides is 1. The van der Waals surface area contributed by atoms with Gasteiger partial charge in [-0.2, -0.15) is 0 Å². The molecule has 1 aromatic carbocycles. The van der Waals surface area contributed by atoms with Crippen LogP contribution in [0.1, 0.15) is 73.6 Å². The first-order chi connectivity index (χ1) is 13.9. The second-order valence-electron chi connectivity index (χ2n) is 9.27. The van der Waals surface area contributed by atoms with Gasteiger partial charge in [0.2, 0.25) is 5.91 Å². The molecular formula is C24H33N3O2. The number of hydrogen-bond acceptors (Lipinski definition) is 4. The number of aromatic nitrogens is 1. The molecular weight excluding hydrogens is 362 g/mol. The molecule has 4 rings (SSSR count). The molecule has 0 radical (unpaired) electrons. The summed E-state index contributed by atoms with van der Waals surface area (Å²) in [5.74, 6) is 1.44. The molecule has 2 aromatic rings. The van der Waals surface area contributed by atoms with E-state index in [-0.39, 0.29) is 17.4 Å². The summed E-state index contributed by atoms with van der Waals surface area (Å²) in [5, 5.41) is 7.17. The van der Waals surface area contributed by atoms with E-state index in [9.17, 15) is 4.79 Å². The lowest BCUT2D eigenvalue weighted by atomic mass is 9.73. The maximum atomic E-state index is 12.4. The Morgan fingerprint density at radius 2 is 2.00 bits per heavy atom. The fourth-order valence-electron chi connectivity index (χ4n) is 5.38. The highest BCUT2D eigenvalue weighted by molar-refractivity contribution is 5.77. The highest BCUT2D eigenvalue weighted by Crippen LogP contribution is 2.52. The Morgan fingerprint density at radius 1 is 1.28 bits per heavy atom. The largest absolute Gasteiger partial charge is 0.361 e. The lowest BCUT2D eigenvalue weighted by Crippen LogP contribution is -2.41. The molecule has 1 aromatic heterocycles. The molecule has 0 unspecified atom stereocenters. The number of carbonyl (C=O) groups excluding carboxylic acids is 1. The van der Waals surface area contributed by atoms with E-state index >= 15 is 0 Å². The smallest absolute Gasteiger partial charge is 0.220 e. The SMILES string of the molecule is Cc1noc(C)c1CN1CCC2(CC1)C[C@@H](CC(=O)NC(C)C)c1ccccc12. The van der Waals surface area contributed by atoms with Gasteiger partial charge < -0.3 is 9.84 Å². The van der Waals surface area contributed by atoms with E-state index < -0.39 is 0 Å². The van der Waals surface area contributed by atoms with Crippen LogP contribution in [0.5, 0.6) is 0 Å². The number of piperidine rings is 1. The van der Waals surface area contributed by atoms with Gasteiger partial charge in [0, 0.05) is 24.6 Å². The van der Waals surface area contributed by atoms with Gasteiger partial charge in [-0.3, -0.25) is 9.69 Å². The maximum Gasteiger partial charge on any atom is 0.220 e. The number of aryl methyl sites for hydroxylation is 2. The predicted molar refractivity (Wildman–Crippen MR) is 114 cm³/mol. The quantitative estimate of drug-likeness (QED) is 0.823. The normalized spacial score (nSPS) is 20.9. The molecule has 1 spiro atoms. The third-order valence-electron chi connectivity index (χ3n) is 6.87. The molecule has 29 heavy (non-hydrogen) atoms. The van der Waals surface area contributed by atoms with E-state index in [4.69, 9.17) is 4.52 Å². The minimum atomic E-state index is 0.174. The van der Waals surface area contributed by atoms with Crippen LogP contribution in [0, 0.1) is 13.8 Å². The fraction of sp³-hybridized carbons (Fsp3) is 0.583. The molecule has 1 atom stereocenters. The van der Waals surface area contributed by atoms with Gasteiger partial charge in [-0.1, -0.05) is 29.4 Å². The molecule has 2 heterocycles. The van der Waals surface area contributed by atoms with Crippen LogP contribution < -0.4 is 5.32 Å². The summed E-state index contributed by atoms with van der Waals surface area (Å²) in [6.45, 7) is 11.1. The standard InChI is InChI=1S/C24H33N3O2/c1-16(2)25-23(28)13-19-14-24(22-8-6-5-7-20(19)22)9-11-27(12-10-24)15-21-17(3)26-29-18(21)4/h5-8,16,19H,9-15H2,1-4H3,(H,25,28)/t19-/m1/s1. The zero-order valence-corrected chi connectivity index (χ0v) is 18.1. The van der Waals surface area contributed by atoms with Crippen molar-refractivity contribution in [3.8, 4) is 0 Å². The number of rotatable bonds is 5. The third-order valence-corrected chi connectivity index (χ3v) is 6.87. The number of carbonyl (C=O) groups is 1. The Morgan fingerprint density at radius 3 is 2.66 bits per heavy atom. The second kappa shape index (κ2) is 7.94. The molecule has 0 bridgehead atoms. The number of nitrogens with zero attached hydrogens (tertiary/aromatic N) is 2. The van der Waals surface area contributed by atoms with Crippen molar-refractivity contribution in [2.24, 2.45) is 0 Å². The lowest BCUT2D eigenvalue weighted by Gasteiger charge is -2.40. The Kier molecular flexibility index (Phi) is 5.52. The highest BCUT2D eigenvalue weighted by atomic mass is 16.5. The van der Waals surface area contributed by atoms with Gasteiger partial charge in [0.15, 0.2) is 0 Å². The summed E-state index contributed by atoms with van der Waals surface area (Å²) in [7, 11) is 0. The van der Waals surface area contributed by atoms with Crippen molar-refractivity contribution >= 4 is 5.91 Å². The molecule has 0 saturated carbocycles. The van der Waals surface area contributed by atoms with Crippen LogP contribution in [0.15, 0.2) is 28.8 Å². The van der Waals surface area contributed by atoms with Crippen LogP contribution >= 0.6 is 0 Å². The molecule has 1 N–H and O–H groups in total. The molecule has 5 nitrogen and oxygen atoms in total. The van der Waals surface area contributed by atoms with Crippen LogP contribution in [0.4, 0.5) is 0 Å². The summed E-state index contributed by atoms with van der Waals surface area (Å²) in [4.78, 5) is 15.0. The van der Waals surface area contributed by atoms with Crippen LogP contribution in [0.2, 0.25) is 0 Å². The van der Waals surface area contributed by atoms with Gasteiger partial charge >= 0.3 is 0 Å². The van der Waals surface area contributed by atoms with Crippen LogP contribution in [0.3, 0.4) is 0 Å². The van der Waals surface area contributed by atoms with Gasteiger partial charge in [0.05, 0.1) is 5.69 Å². The Labute approximate surface area is 173 Å². The molecule has 1 fully saturated rings. The van der Waals surface area contributed by atoms with Crippen LogP contribution in [0.25, 0.3) is 0 Å². The van der Waals surface area contributed by atoms with Gasteiger partial charge in [-0.15, -0.1) is 0 Å². The van der Waals surface area contributed by atoms with Crippen LogP contribution in [-0.2, 0) is 16.8 Å². The molecule has 1 aliphatic carbocycles. The molecule has 5 heteroatoms. The van der Waals surface area contributed by atoms with Crippen LogP contribution in [-0.4, -0.2) is 35.1 Å². The van der Waals surface area contributed by atoms with Gasteiger partial charge in [-0.25, -0.2) is 0 Å². The summed E-state index contributed by atoms with van der Waals surface area (Å²) in [5.41, 5.74) is 5.33. The first kappa shape index (κ1) is 20.1. The highest BCUT2D eigenvalue weighted by Gasteiger charge is 2.45. The van der Waals surface area contributed by atoms with E-state index in [1.165, 1.54) is 16.7 Å². The fourth-order valence-corrected chi connectivity index (χ4v) is 5.38. The predicted octanol–water partition coefficient (Wildman–Crippen LogP) is 4.23. The second-order valence-corrected chi connectivity index (χ2v) is 9.27. The third kappa shape index (κ3) is 3.97. The number of likely N-dealkylation sites (tertiary alicyclic amines) is 1. The van der Waals surface area contributed by atoms with E-state index in [0.717, 1.165) is 50.4 Å². The Hall–Kier alpha value is -2.14. The Bertz CT molecular complexity index is 859. The molecule has 2 aliphatic rings. The van der Waals surface area contributed by atoms with Crippen molar-refractivity contribution in [1.29, 1.82) is 0 Å². The van der Waals surface area contributed by atoms with Crippen molar-refractivity contribution in [1.82, 2.24) is 15.4 Å². The van der Waals surface area contributed by atoms with E-state index in [0.29, 0.717) is 12.3 Å². The number of hydrogen-bond donors (Lipinski definition) is 1. The summed E-state index contributed by atoms with van der Waals surface area (Å²) < 4.78 is 5.34. The minimum Gasteiger partial charge on any atom is -0.361 e. The average molecular weight is 396 g/mol. The van der Waals surface area contributed by atoms with Gasteiger partial charge in [-0.05, 0) is 82.5 Å². The average Bonchev–Trinajstić information content (AvgIpc) is 3.15. The molecule has 1 saturated heterocycles. The topological polar surface area (TPSA) is 58.4 Å². The first-order valence-corrected chi connectivity index (χ1v) is 10.9. The van der Waals surface area contributed by atoms with Crippen molar-refractivity contribution in [3.63, 3.8) is 0 Å². The molecule has 156 valence electrons. The van der Waals surface area contributed by atoms with E-state index in [2.05, 4.69) is 39.6 Å². The van der Waals surface area contributed by atoms with Crippen molar-refractivity contribution in [2.45, 2.75) is 77.3 Å². The molecule has 1 aliphatic heterocycles. The van der Waals surface area contributed by atoms with Crippen molar-refractivity contribution < 1.29 is 9.32 Å². The van der Waals surface area contributed by atoms with Gasteiger partial charge in [0.1, 0.15) is 5.76 Å². The van der Waals surface area contributed by atoms with Gasteiger partial charge in [0.25, 0.3) is 0 Å². The first-order valence-electron chi connectivity index (χ1n) is 10.9. The van der Waals surface area contributed by atoms with Crippen molar-refractivity contribution in [3.05, 3.63) is 52.4 Å². The number of nitrogens with one attached hydrogen (secondary N) is 1. The van der Waals surface area contributed by atoms with E-state index in [1.54, 1.807) is 0 Å². The summed E-state index contributed by atoms with van der Waals surface area (Å²) in [6.07, 6.45) is 3.99. The monoisotopic (exact) mass is 395 g/mol. The van der Waals surface area contributed by atoms with E-state index in [1.807, 2.05) is 27.7 Å². The Balaban J connectivity index is 1.47. The zero-order valence-electron chi connectivity index (χ0n) is 18.1. The summed E-state index contributed by atoms with van der Waals surface area (Å²) in [6, 6.07) is 9.03. The molecule has 1 amide bonds. The zero-order chi connectivity index (χ0) is 20.6. The minimum absolute atomic E-state index is 0.174. The number of benzene rings is 1. The lowest BCUT2D eigenvalue weighted by molar-refractivity contribution is -0.122. The summed E-state index contributed by atoms with van der Waals surface area (Å²) >= 11 is 0. The van der Waals surface area contributed by atoms with Crippen molar-refractivity contribution in [2.75, 3.05) is 13.1 Å².